The molecule has 0 spiro atoms. The molecule has 0 aromatic heterocycles. The quantitative estimate of drug-likeness (QED) is 0.220. The fraction of sp³-hybridized carbons (Fsp3) is 0.944. The Hall–Kier alpha value is -0.120. The van der Waals surface area contributed by atoms with Crippen molar-refractivity contribution < 1.29 is 14.6 Å². The van der Waals surface area contributed by atoms with Crippen molar-refractivity contribution in [3.8, 4) is 0 Å². The van der Waals surface area contributed by atoms with Gasteiger partial charge in [-0.1, -0.05) is 0 Å². The number of guanidine groups is 1. The van der Waals surface area contributed by atoms with Crippen molar-refractivity contribution in [3.63, 3.8) is 0 Å². The van der Waals surface area contributed by atoms with Crippen molar-refractivity contribution in [1.82, 2.24) is 10.6 Å². The fourth-order valence-electron chi connectivity index (χ4n) is 3.25. The molecule has 0 aromatic carbocycles. The first-order valence-corrected chi connectivity index (χ1v) is 9.66. The largest absolute Gasteiger partial charge is 0.393 e. The standard InChI is InChI=1S/C18H35N3O3.HI/c1-2-19-18(21-16-4-6-17(22)7-5-16)20-10-3-11-24-14-15-8-12-23-13-9-15;/h15-17,22H,2-14H2,1H3,(H2,19,20,21);1H. The number of ether oxygens (including phenoxy) is 2. The maximum Gasteiger partial charge on any atom is 0.191 e. The number of hydrogen-bond acceptors (Lipinski definition) is 4. The molecule has 0 aromatic rings. The summed E-state index contributed by atoms with van der Waals surface area (Å²) in [5, 5.41) is 16.4. The predicted octanol–water partition coefficient (Wildman–Crippen LogP) is 2.30. The highest BCUT2D eigenvalue weighted by Crippen LogP contribution is 2.18. The van der Waals surface area contributed by atoms with Crippen molar-refractivity contribution in [2.75, 3.05) is 39.5 Å². The van der Waals surface area contributed by atoms with Crippen LogP contribution in [0.2, 0.25) is 0 Å². The molecule has 0 unspecified atom stereocenters. The van der Waals surface area contributed by atoms with Gasteiger partial charge in [-0.25, -0.2) is 0 Å². The summed E-state index contributed by atoms with van der Waals surface area (Å²) in [6, 6.07) is 0.427. The van der Waals surface area contributed by atoms with Crippen molar-refractivity contribution in [1.29, 1.82) is 0 Å². The number of hydrogen-bond donors (Lipinski definition) is 3. The summed E-state index contributed by atoms with van der Waals surface area (Å²) in [6.07, 6.45) is 6.89. The molecule has 1 heterocycles. The van der Waals surface area contributed by atoms with Crippen LogP contribution in [-0.2, 0) is 9.47 Å². The molecule has 0 radical (unpaired) electrons. The molecule has 148 valence electrons. The van der Waals surface area contributed by atoms with Crippen molar-refractivity contribution in [2.45, 2.75) is 64.0 Å². The van der Waals surface area contributed by atoms with Gasteiger partial charge in [-0.05, 0) is 57.8 Å². The van der Waals surface area contributed by atoms with Gasteiger partial charge in [-0.15, -0.1) is 24.0 Å². The lowest BCUT2D eigenvalue weighted by atomic mass is 9.93. The summed E-state index contributed by atoms with van der Waals surface area (Å²) in [7, 11) is 0. The van der Waals surface area contributed by atoms with Crippen LogP contribution < -0.4 is 10.6 Å². The number of aliphatic imine (C=N–C) groups is 1. The van der Waals surface area contributed by atoms with E-state index < -0.39 is 0 Å². The Balaban J connectivity index is 0.00000312. The van der Waals surface area contributed by atoms with Crippen LogP contribution in [0, 0.1) is 5.92 Å². The van der Waals surface area contributed by atoms with E-state index in [1.54, 1.807) is 0 Å². The molecule has 0 bridgehead atoms. The minimum absolute atomic E-state index is 0. The van der Waals surface area contributed by atoms with Gasteiger partial charge in [0.05, 0.1) is 6.10 Å². The van der Waals surface area contributed by atoms with E-state index in [1.165, 1.54) is 0 Å². The Morgan fingerprint density at radius 3 is 2.56 bits per heavy atom. The highest BCUT2D eigenvalue weighted by molar-refractivity contribution is 14.0. The Bertz CT molecular complexity index is 357. The topological polar surface area (TPSA) is 75.1 Å². The molecule has 0 amide bonds. The second-order valence-electron chi connectivity index (χ2n) is 6.89. The number of aliphatic hydroxyl groups excluding tert-OH is 1. The molecule has 1 saturated heterocycles. The van der Waals surface area contributed by atoms with Crippen LogP contribution in [0.3, 0.4) is 0 Å². The molecule has 1 aliphatic heterocycles. The number of rotatable bonds is 8. The van der Waals surface area contributed by atoms with E-state index in [9.17, 15) is 5.11 Å². The monoisotopic (exact) mass is 469 g/mol. The lowest BCUT2D eigenvalue weighted by molar-refractivity contribution is 0.0205. The number of nitrogens with one attached hydrogen (secondary N) is 2. The first-order valence-electron chi connectivity index (χ1n) is 9.66. The molecule has 2 rings (SSSR count). The van der Waals surface area contributed by atoms with Gasteiger partial charge in [0.25, 0.3) is 0 Å². The maximum absolute atomic E-state index is 9.59. The van der Waals surface area contributed by atoms with Gasteiger partial charge < -0.3 is 25.2 Å². The van der Waals surface area contributed by atoms with Crippen molar-refractivity contribution in [2.24, 2.45) is 10.9 Å². The lowest BCUT2D eigenvalue weighted by Crippen LogP contribution is -2.45. The molecule has 1 saturated carbocycles. The van der Waals surface area contributed by atoms with E-state index >= 15 is 0 Å². The molecule has 6 nitrogen and oxygen atoms in total. The van der Waals surface area contributed by atoms with Crippen LogP contribution in [0.15, 0.2) is 4.99 Å². The van der Waals surface area contributed by atoms with Crippen LogP contribution in [0.5, 0.6) is 0 Å². The molecule has 3 N–H and O–H groups in total. The number of nitrogens with zero attached hydrogens (tertiary/aromatic N) is 1. The molecule has 0 atom stereocenters. The van der Waals surface area contributed by atoms with E-state index in [4.69, 9.17) is 9.47 Å². The maximum atomic E-state index is 9.59. The second-order valence-corrected chi connectivity index (χ2v) is 6.89. The SMILES string of the molecule is CCNC(=NCCCOCC1CCOCC1)NC1CCC(O)CC1.I. The summed E-state index contributed by atoms with van der Waals surface area (Å²) >= 11 is 0. The van der Waals surface area contributed by atoms with Gasteiger partial charge in [-0.2, -0.15) is 0 Å². The number of halogens is 1. The Morgan fingerprint density at radius 1 is 1.16 bits per heavy atom. The summed E-state index contributed by atoms with van der Waals surface area (Å²) in [5.41, 5.74) is 0. The van der Waals surface area contributed by atoms with Gasteiger partial charge >= 0.3 is 0 Å². The Labute approximate surface area is 169 Å². The summed E-state index contributed by atoms with van der Waals surface area (Å²) in [4.78, 5) is 4.64. The first-order chi connectivity index (χ1) is 11.8. The zero-order valence-corrected chi connectivity index (χ0v) is 17.9. The third-order valence-electron chi connectivity index (χ3n) is 4.79. The Kier molecular flexibility index (Phi) is 12.8. The van der Waals surface area contributed by atoms with Crippen molar-refractivity contribution in [3.05, 3.63) is 0 Å². The smallest absolute Gasteiger partial charge is 0.191 e. The zero-order valence-electron chi connectivity index (χ0n) is 15.5. The van der Waals surface area contributed by atoms with Gasteiger partial charge in [0, 0.05) is 45.6 Å². The molecule has 1 aliphatic carbocycles. The summed E-state index contributed by atoms with van der Waals surface area (Å²) < 4.78 is 11.1. The van der Waals surface area contributed by atoms with Crippen LogP contribution in [-0.4, -0.2) is 62.7 Å². The summed E-state index contributed by atoms with van der Waals surface area (Å²) in [6.45, 7) is 7.12. The van der Waals surface area contributed by atoms with E-state index in [-0.39, 0.29) is 30.1 Å². The van der Waals surface area contributed by atoms with E-state index in [0.29, 0.717) is 12.0 Å². The average Bonchev–Trinajstić information content (AvgIpc) is 2.61. The molecule has 7 heteroatoms. The predicted molar refractivity (Wildman–Crippen MR) is 112 cm³/mol. The molecular formula is C18H36IN3O3. The third kappa shape index (κ3) is 9.96. The van der Waals surface area contributed by atoms with Gasteiger partial charge in [0.2, 0.25) is 0 Å². The van der Waals surface area contributed by atoms with Gasteiger partial charge in [-0.3, -0.25) is 4.99 Å². The number of aliphatic hydroxyl groups is 1. The van der Waals surface area contributed by atoms with E-state index in [1.807, 2.05) is 0 Å². The van der Waals surface area contributed by atoms with Crippen LogP contribution >= 0.6 is 24.0 Å². The van der Waals surface area contributed by atoms with Crippen LogP contribution in [0.4, 0.5) is 0 Å². The van der Waals surface area contributed by atoms with Gasteiger partial charge in [0.15, 0.2) is 5.96 Å². The minimum Gasteiger partial charge on any atom is -0.393 e. The molecular weight excluding hydrogens is 433 g/mol. The third-order valence-corrected chi connectivity index (χ3v) is 4.79. The molecule has 2 fully saturated rings. The lowest BCUT2D eigenvalue weighted by Gasteiger charge is -2.27. The van der Waals surface area contributed by atoms with Crippen LogP contribution in [0.1, 0.15) is 51.9 Å². The molecule has 2 aliphatic rings. The van der Waals surface area contributed by atoms with E-state index in [2.05, 4.69) is 22.5 Å². The van der Waals surface area contributed by atoms with E-state index in [0.717, 1.165) is 90.4 Å². The minimum atomic E-state index is -0.115. The van der Waals surface area contributed by atoms with Crippen LogP contribution in [0.25, 0.3) is 0 Å². The first kappa shape index (κ1) is 22.9. The Morgan fingerprint density at radius 2 is 1.88 bits per heavy atom. The fourth-order valence-corrected chi connectivity index (χ4v) is 3.25. The second kappa shape index (κ2) is 14.0. The average molecular weight is 469 g/mol. The summed E-state index contributed by atoms with van der Waals surface area (Å²) in [5.74, 6) is 1.56. The molecule has 25 heavy (non-hydrogen) atoms. The normalized spacial score (nSPS) is 25.3. The highest BCUT2D eigenvalue weighted by atomic mass is 127. The highest BCUT2D eigenvalue weighted by Gasteiger charge is 2.19. The zero-order chi connectivity index (χ0) is 17.0. The van der Waals surface area contributed by atoms with Gasteiger partial charge in [0.1, 0.15) is 0 Å². The van der Waals surface area contributed by atoms with Crippen molar-refractivity contribution >= 4 is 29.9 Å².